The van der Waals surface area contributed by atoms with E-state index in [2.05, 4.69) is 5.32 Å². The van der Waals surface area contributed by atoms with Crippen molar-refractivity contribution in [3.05, 3.63) is 0 Å². The Morgan fingerprint density at radius 2 is 1.75 bits per heavy atom. The minimum atomic E-state index is -0.0829. The highest BCUT2D eigenvalue weighted by Crippen LogP contribution is 2.28. The average Bonchev–Trinajstić information content (AvgIpc) is 2.51. The predicted octanol–water partition coefficient (Wildman–Crippen LogP) is 1.95. The van der Waals surface area contributed by atoms with Crippen LogP contribution in [0.25, 0.3) is 0 Å². The van der Waals surface area contributed by atoms with E-state index in [1.807, 2.05) is 0 Å². The quantitative estimate of drug-likeness (QED) is 0.720. The zero-order valence-electron chi connectivity index (χ0n) is 10.1. The Morgan fingerprint density at radius 3 is 2.25 bits per heavy atom. The van der Waals surface area contributed by atoms with Gasteiger partial charge in [-0.1, -0.05) is 25.7 Å². The third-order valence-corrected chi connectivity index (χ3v) is 4.19. The normalized spacial score (nSPS) is 25.6. The molecule has 0 spiro atoms. The van der Waals surface area contributed by atoms with Crippen LogP contribution in [0.15, 0.2) is 0 Å². The van der Waals surface area contributed by atoms with Gasteiger partial charge in [0.1, 0.15) is 0 Å². The van der Waals surface area contributed by atoms with Crippen molar-refractivity contribution >= 4 is 5.91 Å². The van der Waals surface area contributed by atoms with Gasteiger partial charge in [-0.2, -0.15) is 0 Å². The largest absolute Gasteiger partial charge is 0.354 e. The monoisotopic (exact) mass is 224 g/mol. The van der Waals surface area contributed by atoms with E-state index in [9.17, 15) is 4.79 Å². The van der Waals surface area contributed by atoms with Crippen LogP contribution in [0.5, 0.6) is 0 Å². The number of carbonyl (C=O) groups excluding carboxylic acids is 1. The summed E-state index contributed by atoms with van der Waals surface area (Å²) in [6.07, 6.45) is 10.5. The maximum atomic E-state index is 12.0. The predicted molar refractivity (Wildman–Crippen MR) is 65.0 cm³/mol. The summed E-state index contributed by atoms with van der Waals surface area (Å²) in [5.41, 5.74) is 6.01. The fourth-order valence-electron chi connectivity index (χ4n) is 2.76. The van der Waals surface area contributed by atoms with E-state index in [1.54, 1.807) is 0 Å². The topological polar surface area (TPSA) is 55.1 Å². The van der Waals surface area contributed by atoms with Crippen molar-refractivity contribution in [3.63, 3.8) is 0 Å². The van der Waals surface area contributed by atoms with Crippen LogP contribution in [0.4, 0.5) is 0 Å². The number of nitrogens with one attached hydrogen (secondary N) is 1. The highest BCUT2D eigenvalue weighted by Gasteiger charge is 2.33. The first kappa shape index (κ1) is 11.9. The van der Waals surface area contributed by atoms with Crippen LogP contribution in [0.3, 0.4) is 0 Å². The van der Waals surface area contributed by atoms with Crippen LogP contribution in [-0.2, 0) is 4.79 Å². The lowest BCUT2D eigenvalue weighted by Gasteiger charge is -2.38. The molecule has 0 aromatic heterocycles. The second-order valence-electron chi connectivity index (χ2n) is 5.62. The molecule has 3 nitrogen and oxygen atoms in total. The summed E-state index contributed by atoms with van der Waals surface area (Å²) in [7, 11) is 0. The van der Waals surface area contributed by atoms with Gasteiger partial charge in [0.05, 0.1) is 0 Å². The molecule has 0 bridgehead atoms. The minimum absolute atomic E-state index is 0.0829. The fraction of sp³-hybridized carbons (Fsp3) is 0.923. The maximum Gasteiger partial charge on any atom is 0.223 e. The zero-order valence-corrected chi connectivity index (χ0v) is 10.1. The third-order valence-electron chi connectivity index (χ3n) is 4.19. The first-order chi connectivity index (χ1) is 7.70. The van der Waals surface area contributed by atoms with Crippen LogP contribution >= 0.6 is 0 Å². The summed E-state index contributed by atoms with van der Waals surface area (Å²) in [5, 5.41) is 3.06. The fourth-order valence-corrected chi connectivity index (χ4v) is 2.76. The summed E-state index contributed by atoms with van der Waals surface area (Å²) < 4.78 is 0. The average molecular weight is 224 g/mol. The Morgan fingerprint density at radius 1 is 1.12 bits per heavy atom. The molecule has 0 atom stereocenters. The molecule has 3 heteroatoms. The van der Waals surface area contributed by atoms with E-state index in [-0.39, 0.29) is 17.4 Å². The van der Waals surface area contributed by atoms with Gasteiger partial charge >= 0.3 is 0 Å². The zero-order chi connectivity index (χ0) is 11.4. The first-order valence-electron chi connectivity index (χ1n) is 6.76. The van der Waals surface area contributed by atoms with Crippen LogP contribution in [0.2, 0.25) is 0 Å². The smallest absolute Gasteiger partial charge is 0.223 e. The van der Waals surface area contributed by atoms with Gasteiger partial charge in [0.15, 0.2) is 0 Å². The minimum Gasteiger partial charge on any atom is -0.354 e. The molecule has 3 N–H and O–H groups in total. The van der Waals surface area contributed by atoms with Crippen molar-refractivity contribution in [2.24, 2.45) is 11.7 Å². The molecule has 0 aliphatic heterocycles. The summed E-state index contributed by atoms with van der Waals surface area (Å²) >= 11 is 0. The van der Waals surface area contributed by atoms with Crippen molar-refractivity contribution < 1.29 is 4.79 Å². The SMILES string of the molecule is NC1(CNC(=O)C2CCCCCC2)CCC1. The van der Waals surface area contributed by atoms with Crippen LogP contribution in [0, 0.1) is 5.92 Å². The van der Waals surface area contributed by atoms with Crippen LogP contribution in [-0.4, -0.2) is 18.0 Å². The van der Waals surface area contributed by atoms with Gasteiger partial charge in [-0.3, -0.25) is 4.79 Å². The molecule has 0 aromatic rings. The molecular weight excluding hydrogens is 200 g/mol. The van der Waals surface area contributed by atoms with Gasteiger partial charge in [0, 0.05) is 18.0 Å². The Kier molecular flexibility index (Phi) is 3.85. The van der Waals surface area contributed by atoms with E-state index in [4.69, 9.17) is 5.73 Å². The maximum absolute atomic E-state index is 12.0. The van der Waals surface area contributed by atoms with Gasteiger partial charge in [0.25, 0.3) is 0 Å². The number of hydrogen-bond donors (Lipinski definition) is 2. The molecule has 0 saturated heterocycles. The number of nitrogens with two attached hydrogens (primary N) is 1. The number of rotatable bonds is 3. The molecule has 0 aromatic carbocycles. The Balaban J connectivity index is 1.73. The molecule has 1 amide bonds. The van der Waals surface area contributed by atoms with Crippen molar-refractivity contribution in [1.29, 1.82) is 0 Å². The molecule has 2 aliphatic rings. The molecule has 2 fully saturated rings. The lowest BCUT2D eigenvalue weighted by atomic mass is 9.77. The third kappa shape index (κ3) is 2.97. The van der Waals surface area contributed by atoms with Gasteiger partial charge in [-0.25, -0.2) is 0 Å². The molecule has 0 unspecified atom stereocenters. The Bertz CT molecular complexity index is 240. The van der Waals surface area contributed by atoms with Crippen molar-refractivity contribution in [2.75, 3.05) is 6.54 Å². The van der Waals surface area contributed by atoms with Crippen molar-refractivity contribution in [1.82, 2.24) is 5.32 Å². The summed E-state index contributed by atoms with van der Waals surface area (Å²) in [6, 6.07) is 0. The van der Waals surface area contributed by atoms with E-state index < -0.39 is 0 Å². The van der Waals surface area contributed by atoms with Gasteiger partial charge < -0.3 is 11.1 Å². The molecule has 2 rings (SSSR count). The van der Waals surface area contributed by atoms with Crippen molar-refractivity contribution in [2.45, 2.75) is 63.3 Å². The lowest BCUT2D eigenvalue weighted by molar-refractivity contribution is -0.125. The highest BCUT2D eigenvalue weighted by atomic mass is 16.1. The summed E-state index contributed by atoms with van der Waals surface area (Å²) in [5.74, 6) is 0.504. The number of hydrogen-bond acceptors (Lipinski definition) is 2. The number of amides is 1. The molecule has 92 valence electrons. The second-order valence-corrected chi connectivity index (χ2v) is 5.62. The van der Waals surface area contributed by atoms with E-state index >= 15 is 0 Å². The van der Waals surface area contributed by atoms with Crippen LogP contribution < -0.4 is 11.1 Å². The number of carbonyl (C=O) groups is 1. The molecule has 2 saturated carbocycles. The summed E-state index contributed by atoms with van der Waals surface area (Å²) in [6.45, 7) is 0.683. The molecule has 2 aliphatic carbocycles. The van der Waals surface area contributed by atoms with E-state index in [0.717, 1.165) is 25.7 Å². The highest BCUT2D eigenvalue weighted by molar-refractivity contribution is 5.78. The standard InChI is InChI=1S/C13H24N2O/c14-13(8-5-9-13)10-15-12(16)11-6-3-1-2-4-7-11/h11H,1-10,14H2,(H,15,16). The Hall–Kier alpha value is -0.570. The van der Waals surface area contributed by atoms with E-state index in [0.29, 0.717) is 6.54 Å². The second kappa shape index (κ2) is 5.17. The summed E-state index contributed by atoms with van der Waals surface area (Å²) in [4.78, 5) is 12.0. The van der Waals surface area contributed by atoms with Crippen LogP contribution in [0.1, 0.15) is 57.8 Å². The van der Waals surface area contributed by atoms with Gasteiger partial charge in [-0.05, 0) is 32.1 Å². The van der Waals surface area contributed by atoms with Gasteiger partial charge in [0.2, 0.25) is 5.91 Å². The molecule has 16 heavy (non-hydrogen) atoms. The molecule has 0 radical (unpaired) electrons. The van der Waals surface area contributed by atoms with E-state index in [1.165, 1.54) is 32.1 Å². The van der Waals surface area contributed by atoms with Crippen molar-refractivity contribution in [3.8, 4) is 0 Å². The molecular formula is C13H24N2O. The Labute approximate surface area is 98.2 Å². The molecule has 0 heterocycles. The lowest BCUT2D eigenvalue weighted by Crippen LogP contribution is -2.55. The first-order valence-corrected chi connectivity index (χ1v) is 6.76. The van der Waals surface area contributed by atoms with Gasteiger partial charge in [-0.15, -0.1) is 0 Å².